The van der Waals surface area contributed by atoms with Gasteiger partial charge in [-0.2, -0.15) is 0 Å². The molecule has 370 valence electrons. The van der Waals surface area contributed by atoms with Crippen molar-refractivity contribution in [2.24, 2.45) is 0 Å². The number of fused-ring (bicyclic) bond motifs is 2. The lowest BCUT2D eigenvalue weighted by Crippen LogP contribution is -2.32. The maximum absolute atomic E-state index is 12.7. The van der Waals surface area contributed by atoms with Crippen LogP contribution in [0.1, 0.15) is 65.7 Å². The van der Waals surface area contributed by atoms with Crippen LogP contribution in [0.15, 0.2) is 56.3 Å². The lowest BCUT2D eigenvalue weighted by Gasteiger charge is -2.12. The number of nitrogens with one attached hydrogen (secondary N) is 2. The van der Waals surface area contributed by atoms with Gasteiger partial charge in [-0.15, -0.1) is 5.06 Å². The van der Waals surface area contributed by atoms with Gasteiger partial charge < -0.3 is 57.8 Å². The maximum atomic E-state index is 12.7. The number of hydrogen-bond donors (Lipinski definition) is 2. The van der Waals surface area contributed by atoms with Crippen LogP contribution >= 0.6 is 0 Å². The number of benzene rings is 2. The van der Waals surface area contributed by atoms with E-state index in [0.29, 0.717) is 131 Å². The zero-order chi connectivity index (χ0) is 48.2. The molecule has 0 saturated carbocycles. The predicted octanol–water partition coefficient (Wildman–Crippen LogP) is 2.11. The largest absolute Gasteiger partial charge is 0.486 e. The van der Waals surface area contributed by atoms with Crippen molar-refractivity contribution in [3.8, 4) is 5.75 Å². The first-order chi connectivity index (χ1) is 33.2. The number of nitrogens with zero attached hydrogens (tertiary/aromatic N) is 3. The second-order valence-corrected chi connectivity index (χ2v) is 14.8. The summed E-state index contributed by atoms with van der Waals surface area (Å²) in [5.74, 6) is -2.39. The topological polar surface area (TPSA) is 282 Å². The summed E-state index contributed by atoms with van der Waals surface area (Å²) in [4.78, 5) is 89.4. The van der Waals surface area contributed by atoms with E-state index in [9.17, 15) is 33.6 Å². The molecule has 4 aromatic rings. The summed E-state index contributed by atoms with van der Waals surface area (Å²) in [6.07, 6.45) is 1.84. The molecule has 0 spiro atoms. The molecular weight excluding hydrogens is 899 g/mol. The molecule has 0 aliphatic carbocycles. The van der Waals surface area contributed by atoms with Crippen LogP contribution in [0.4, 0.5) is 0 Å². The summed E-state index contributed by atoms with van der Waals surface area (Å²) in [5.41, 5.74) is 0.834. The van der Waals surface area contributed by atoms with Crippen LogP contribution in [-0.2, 0) is 57.2 Å². The number of amides is 4. The molecule has 2 aromatic carbocycles. The lowest BCUT2D eigenvalue weighted by atomic mass is 10.1. The number of rotatable bonds is 36. The van der Waals surface area contributed by atoms with Crippen LogP contribution in [0.3, 0.4) is 0 Å². The second-order valence-electron chi connectivity index (χ2n) is 14.8. The molecular formula is C45H57N5O18. The van der Waals surface area contributed by atoms with Gasteiger partial charge in [0.1, 0.15) is 34.5 Å². The molecule has 1 aliphatic rings. The SMILES string of the molecule is O=C(CCCOCCOCCOCCOCCC(=O)ON1C(=O)CCC1=O)COc1ccc2cc(C(=O)NCCCOCCOCCOCCCNC(=O)c3ccc4nonc4c3)c(=O)oc2c1. The van der Waals surface area contributed by atoms with Gasteiger partial charge in [-0.1, -0.05) is 0 Å². The Labute approximate surface area is 390 Å². The van der Waals surface area contributed by atoms with Crippen LogP contribution in [0, 0.1) is 0 Å². The number of hydrogen-bond acceptors (Lipinski definition) is 20. The first-order valence-corrected chi connectivity index (χ1v) is 22.3. The third-order valence-electron chi connectivity index (χ3n) is 9.62. The number of aromatic nitrogens is 2. The fraction of sp³-hybridized carbons (Fsp3) is 0.533. The Balaban J connectivity index is 0.787. The van der Waals surface area contributed by atoms with Crippen molar-refractivity contribution < 1.29 is 80.5 Å². The summed E-state index contributed by atoms with van der Waals surface area (Å²) in [5, 5.41) is 14.0. The monoisotopic (exact) mass is 955 g/mol. The van der Waals surface area contributed by atoms with Crippen LogP contribution in [0.2, 0.25) is 0 Å². The first kappa shape index (κ1) is 52.8. The van der Waals surface area contributed by atoms with Gasteiger partial charge in [0.2, 0.25) is 0 Å². The third-order valence-corrected chi connectivity index (χ3v) is 9.62. The van der Waals surface area contributed by atoms with Gasteiger partial charge in [-0.25, -0.2) is 14.2 Å². The van der Waals surface area contributed by atoms with Crippen LogP contribution in [0.25, 0.3) is 22.0 Å². The minimum atomic E-state index is -0.807. The van der Waals surface area contributed by atoms with E-state index >= 15 is 0 Å². The summed E-state index contributed by atoms with van der Waals surface area (Å²) < 4.78 is 53.8. The number of Topliss-reactive ketones (excluding diaryl/α,β-unsaturated/α-hetero) is 1. The van der Waals surface area contributed by atoms with Gasteiger partial charge >= 0.3 is 11.6 Å². The Bertz CT molecular complexity index is 2280. The molecule has 1 saturated heterocycles. The average Bonchev–Trinajstić information content (AvgIpc) is 3.94. The summed E-state index contributed by atoms with van der Waals surface area (Å²) in [6, 6.07) is 11.1. The summed E-state index contributed by atoms with van der Waals surface area (Å²) in [7, 11) is 0. The molecule has 3 heterocycles. The van der Waals surface area contributed by atoms with Crippen molar-refractivity contribution >= 4 is 57.4 Å². The van der Waals surface area contributed by atoms with Gasteiger partial charge in [0.15, 0.2) is 5.78 Å². The van der Waals surface area contributed by atoms with Gasteiger partial charge in [0.25, 0.3) is 23.6 Å². The van der Waals surface area contributed by atoms with Gasteiger partial charge in [-0.3, -0.25) is 24.0 Å². The number of ether oxygens (including phenoxy) is 8. The zero-order valence-electron chi connectivity index (χ0n) is 37.7. The molecule has 0 unspecified atom stereocenters. The fourth-order valence-electron chi connectivity index (χ4n) is 6.08. The van der Waals surface area contributed by atoms with Crippen LogP contribution in [0.5, 0.6) is 5.75 Å². The molecule has 2 N–H and O–H groups in total. The minimum absolute atomic E-state index is 0.0341. The van der Waals surface area contributed by atoms with E-state index in [1.807, 2.05) is 0 Å². The molecule has 0 bridgehead atoms. The molecule has 4 amide bonds. The fourth-order valence-corrected chi connectivity index (χ4v) is 6.08. The van der Waals surface area contributed by atoms with Crippen LogP contribution in [-0.4, -0.2) is 163 Å². The quantitative estimate of drug-likeness (QED) is 0.0375. The Morgan fingerprint density at radius 1 is 0.588 bits per heavy atom. The van der Waals surface area contributed by atoms with Crippen molar-refractivity contribution in [2.75, 3.05) is 112 Å². The van der Waals surface area contributed by atoms with E-state index in [0.717, 1.165) is 0 Å². The highest BCUT2D eigenvalue weighted by Crippen LogP contribution is 2.21. The predicted molar refractivity (Wildman–Crippen MR) is 235 cm³/mol. The van der Waals surface area contributed by atoms with Crippen molar-refractivity contribution in [3.05, 3.63) is 64.0 Å². The number of carbonyl (C=O) groups is 6. The van der Waals surface area contributed by atoms with Crippen molar-refractivity contribution in [1.29, 1.82) is 0 Å². The highest BCUT2D eigenvalue weighted by molar-refractivity contribution is 6.01. The highest BCUT2D eigenvalue weighted by Gasteiger charge is 2.32. The standard InChI is InChI=1S/C45H57N5O18/c51-34(4-1-14-58-18-22-63-26-27-64-25-21-61-17-11-42(54)67-50-40(52)9-10-41(50)53)31-65-35-7-5-32-28-36(45(57)66-39(32)30-35)44(56)47-13-3-16-60-20-24-62-23-19-59-15-2-12-46-43(55)33-6-8-37-38(29-33)49-68-48-37/h5-8,28-30H,1-4,9-27,31H2,(H,46,55)(H,47,56). The molecule has 0 atom stereocenters. The molecule has 0 radical (unpaired) electrons. The number of carbonyl (C=O) groups excluding carboxylic acids is 6. The van der Waals surface area contributed by atoms with Gasteiger partial charge in [0, 0.05) is 69.2 Å². The van der Waals surface area contributed by atoms with E-state index in [1.54, 1.807) is 30.3 Å². The molecule has 23 heteroatoms. The summed E-state index contributed by atoms with van der Waals surface area (Å²) in [6.45, 7) is 5.21. The first-order valence-electron chi connectivity index (χ1n) is 22.3. The second kappa shape index (κ2) is 30.2. The number of hydroxylamine groups is 2. The molecule has 1 aliphatic heterocycles. The molecule has 68 heavy (non-hydrogen) atoms. The lowest BCUT2D eigenvalue weighted by molar-refractivity contribution is -0.198. The summed E-state index contributed by atoms with van der Waals surface area (Å²) >= 11 is 0. The van der Waals surface area contributed by atoms with Crippen LogP contribution < -0.4 is 21.0 Å². The Morgan fingerprint density at radius 3 is 1.78 bits per heavy atom. The van der Waals surface area contributed by atoms with E-state index in [1.165, 1.54) is 12.1 Å². The molecule has 23 nitrogen and oxygen atoms in total. The third kappa shape index (κ3) is 19.2. The van der Waals surface area contributed by atoms with Crippen molar-refractivity contribution in [3.63, 3.8) is 0 Å². The number of imide groups is 1. The molecule has 5 rings (SSSR count). The zero-order valence-corrected chi connectivity index (χ0v) is 37.7. The van der Waals surface area contributed by atoms with E-state index in [4.69, 9.17) is 47.1 Å². The molecule has 1 fully saturated rings. The van der Waals surface area contributed by atoms with E-state index in [-0.39, 0.29) is 81.5 Å². The Hall–Kier alpha value is -6.21. The Kier molecular flexibility index (Phi) is 23.5. The van der Waals surface area contributed by atoms with E-state index in [2.05, 4.69) is 25.6 Å². The van der Waals surface area contributed by atoms with E-state index < -0.39 is 29.3 Å². The van der Waals surface area contributed by atoms with Crippen molar-refractivity contribution in [2.45, 2.75) is 44.9 Å². The van der Waals surface area contributed by atoms with Crippen molar-refractivity contribution in [1.82, 2.24) is 26.0 Å². The minimum Gasteiger partial charge on any atom is -0.486 e. The average molecular weight is 956 g/mol. The smallest absolute Gasteiger partial charge is 0.349 e. The Morgan fingerprint density at radius 2 is 1.15 bits per heavy atom. The highest BCUT2D eigenvalue weighted by atomic mass is 16.7. The number of ketones is 1. The molecule has 2 aromatic heterocycles. The maximum Gasteiger partial charge on any atom is 0.349 e. The van der Waals surface area contributed by atoms with Gasteiger partial charge in [0.05, 0.1) is 79.1 Å². The van der Waals surface area contributed by atoms with Gasteiger partial charge in [-0.05, 0) is 66.0 Å². The normalized spacial score (nSPS) is 12.6.